The maximum absolute atomic E-state index is 10.1. The average Bonchev–Trinajstić information content (AvgIpc) is 4.05. The summed E-state index contributed by atoms with van der Waals surface area (Å²) < 4.78 is 204. The van der Waals surface area contributed by atoms with Crippen molar-refractivity contribution >= 4 is 65.4 Å². The summed E-state index contributed by atoms with van der Waals surface area (Å²) in [4.78, 5) is 0. The van der Waals surface area contributed by atoms with E-state index in [-0.39, 0.29) is 27.5 Å². The van der Waals surface area contributed by atoms with E-state index < -0.39 is 188 Å². The highest BCUT2D eigenvalue weighted by atomic mass is 15.1. The predicted octanol–water partition coefficient (Wildman–Crippen LogP) is 12.6. The fourth-order valence-electron chi connectivity index (χ4n) is 6.91. The number of benzene rings is 8. The zero-order valence-corrected chi connectivity index (χ0v) is 26.0. The molecule has 0 aliphatic carbocycles. The van der Waals surface area contributed by atoms with Crippen molar-refractivity contribution in [3.63, 3.8) is 0 Å². The molecule has 0 N–H and O–H groups in total. The predicted molar refractivity (Wildman–Crippen MR) is 215 cm³/mol. The Morgan fingerprint density at radius 1 is 0.353 bits per heavy atom. The first-order valence-electron chi connectivity index (χ1n) is 26.7. The summed E-state index contributed by atoms with van der Waals surface area (Å²) in [5.74, 6) is 0. The molecule has 0 unspecified atom stereocenters. The van der Waals surface area contributed by atoms with Gasteiger partial charge in [0.05, 0.1) is 68.9 Å². The average molecular weight is 672 g/mol. The van der Waals surface area contributed by atoms with Crippen molar-refractivity contribution in [1.82, 2.24) is 13.7 Å². The summed E-state index contributed by atoms with van der Waals surface area (Å²) in [6.45, 7) is 0. The van der Waals surface area contributed by atoms with Gasteiger partial charge in [-0.3, -0.25) is 0 Å². The standard InChI is InChI=1S/C48H31N3/c1-2-14-32(15-3-1)33-16-12-17-34(30-33)50-44-25-10-6-20-38(44)40-22-13-27-47(48(40)50)51-45-26-11-7-21-39(45)41-31-35(28-29-46(41)51)49-42-23-8-4-18-36(42)37-19-5-9-24-43(37)49/h1-31H/i4D,5D,6D,7D,8D,9D,10D,11D,13D,18D,19D,20D,21D,22D,23D,24D,25D,26D,27D,28D,29D,31D. The van der Waals surface area contributed by atoms with Gasteiger partial charge in [-0.2, -0.15) is 0 Å². The monoisotopic (exact) mass is 671 g/mol. The van der Waals surface area contributed by atoms with Crippen LogP contribution in [-0.2, 0) is 0 Å². The van der Waals surface area contributed by atoms with Crippen molar-refractivity contribution in [2.75, 3.05) is 0 Å². The number of fused-ring (bicyclic) bond motifs is 9. The van der Waals surface area contributed by atoms with Crippen molar-refractivity contribution in [3.05, 3.63) is 188 Å². The molecule has 0 aliphatic rings. The third-order valence-electron chi connectivity index (χ3n) is 9.03. The van der Waals surface area contributed by atoms with Crippen molar-refractivity contribution < 1.29 is 30.2 Å². The molecule has 3 nitrogen and oxygen atoms in total. The van der Waals surface area contributed by atoms with Crippen LogP contribution in [0.3, 0.4) is 0 Å². The summed E-state index contributed by atoms with van der Waals surface area (Å²) in [5, 5.41) is -2.31. The number of para-hydroxylation sites is 5. The molecule has 0 saturated heterocycles. The van der Waals surface area contributed by atoms with E-state index in [9.17, 15) is 13.7 Å². The van der Waals surface area contributed by atoms with E-state index in [1.807, 2.05) is 18.2 Å². The van der Waals surface area contributed by atoms with Gasteiger partial charge in [-0.15, -0.1) is 0 Å². The van der Waals surface area contributed by atoms with Gasteiger partial charge < -0.3 is 13.7 Å². The van der Waals surface area contributed by atoms with E-state index >= 15 is 0 Å². The third-order valence-corrected chi connectivity index (χ3v) is 9.03. The van der Waals surface area contributed by atoms with Crippen LogP contribution in [0.25, 0.3) is 93.6 Å². The Labute approximate surface area is 325 Å². The molecule has 0 fully saturated rings. The Morgan fingerprint density at radius 3 is 1.57 bits per heavy atom. The van der Waals surface area contributed by atoms with Crippen molar-refractivity contribution in [2.45, 2.75) is 0 Å². The second-order valence-corrected chi connectivity index (χ2v) is 11.7. The molecule has 0 radical (unpaired) electrons. The minimum Gasteiger partial charge on any atom is -0.309 e. The first-order chi connectivity index (χ1) is 34.5. The van der Waals surface area contributed by atoms with Gasteiger partial charge in [0.25, 0.3) is 0 Å². The highest BCUT2D eigenvalue weighted by molar-refractivity contribution is 6.16. The minimum absolute atomic E-state index is 0.204. The summed E-state index contributed by atoms with van der Waals surface area (Å²) in [6, 6.07) is -1.04. The number of rotatable bonds is 4. The Morgan fingerprint density at radius 2 is 0.882 bits per heavy atom. The van der Waals surface area contributed by atoms with Crippen LogP contribution in [0, 0.1) is 0 Å². The number of nitrogens with zero attached hydrogens (tertiary/aromatic N) is 3. The normalized spacial score (nSPS) is 18.0. The number of hydrogen-bond donors (Lipinski definition) is 0. The molecular weight excluding hydrogens is 619 g/mol. The lowest BCUT2D eigenvalue weighted by atomic mass is 10.1. The maximum atomic E-state index is 10.1. The van der Waals surface area contributed by atoms with Gasteiger partial charge in [0, 0.05) is 43.7 Å². The smallest absolute Gasteiger partial charge is 0.0782 e. The van der Waals surface area contributed by atoms with Crippen LogP contribution in [0.15, 0.2) is 188 Å². The molecule has 3 aromatic heterocycles. The quantitative estimate of drug-likeness (QED) is 0.177. The summed E-state index contributed by atoms with van der Waals surface area (Å²) in [5.41, 5.74) is -2.10. The molecule has 0 aliphatic heterocycles. The first kappa shape index (κ1) is 14.2. The molecule has 11 rings (SSSR count). The Kier molecular flexibility index (Phi) is 3.01. The summed E-state index contributed by atoms with van der Waals surface area (Å²) >= 11 is 0. The second-order valence-electron chi connectivity index (χ2n) is 11.7. The molecule has 0 spiro atoms. The highest BCUT2D eigenvalue weighted by Crippen LogP contribution is 2.41. The molecule has 3 heterocycles. The second kappa shape index (κ2) is 10.8. The highest BCUT2D eigenvalue weighted by Gasteiger charge is 2.21. The molecule has 3 heteroatoms. The van der Waals surface area contributed by atoms with Crippen molar-refractivity contribution in [3.8, 4) is 28.2 Å². The van der Waals surface area contributed by atoms with E-state index in [0.717, 1.165) is 14.7 Å². The largest absolute Gasteiger partial charge is 0.309 e. The van der Waals surface area contributed by atoms with Crippen LogP contribution in [0.2, 0.25) is 0 Å². The lowest BCUT2D eigenvalue weighted by Crippen LogP contribution is -2.01. The minimum atomic E-state index is -0.919. The Bertz CT molecular complexity index is 4320. The lowest BCUT2D eigenvalue weighted by Gasteiger charge is -2.15. The molecule has 51 heavy (non-hydrogen) atoms. The van der Waals surface area contributed by atoms with Gasteiger partial charge in [0.15, 0.2) is 0 Å². The van der Waals surface area contributed by atoms with Crippen molar-refractivity contribution in [1.29, 1.82) is 0 Å². The van der Waals surface area contributed by atoms with Crippen LogP contribution in [0.4, 0.5) is 0 Å². The van der Waals surface area contributed by atoms with Crippen LogP contribution < -0.4 is 0 Å². The van der Waals surface area contributed by atoms with E-state index in [4.69, 9.17) is 16.4 Å². The van der Waals surface area contributed by atoms with Gasteiger partial charge in [-0.05, 0) is 71.6 Å². The molecule has 0 amide bonds. The SMILES string of the molecule is [2H]c1c([2H])c([2H])c2c(c1[2H])c1c([2H])c([2H])c([2H])c(-n3c4c([2H])c([2H])c([2H])c([2H])c4c4c([2H])c(-n5c6c([2H])c([2H])c([2H])c([2H])c6c6c([2H])c([2H])c([2H])c([2H])c65)c([2H])c([2H])c43)c1n2-c1cccc(-c2ccccc2)c1. The topological polar surface area (TPSA) is 14.8 Å². The molecule has 238 valence electrons. The number of aromatic nitrogens is 3. The molecular formula is C48H31N3. The summed E-state index contributed by atoms with van der Waals surface area (Å²) in [6.07, 6.45) is 0. The van der Waals surface area contributed by atoms with E-state index in [1.165, 1.54) is 4.57 Å². The Balaban J connectivity index is 1.43. The van der Waals surface area contributed by atoms with Crippen LogP contribution in [0.1, 0.15) is 30.2 Å². The Hall–Kier alpha value is -6.84. The van der Waals surface area contributed by atoms with Crippen molar-refractivity contribution in [2.24, 2.45) is 0 Å². The van der Waals surface area contributed by atoms with E-state index in [1.54, 1.807) is 36.4 Å². The van der Waals surface area contributed by atoms with E-state index in [0.29, 0.717) is 5.56 Å². The van der Waals surface area contributed by atoms with Gasteiger partial charge in [0.2, 0.25) is 0 Å². The zero-order chi connectivity index (χ0) is 52.6. The van der Waals surface area contributed by atoms with Crippen LogP contribution >= 0.6 is 0 Å². The van der Waals surface area contributed by atoms with E-state index in [2.05, 4.69) is 0 Å². The lowest BCUT2D eigenvalue weighted by molar-refractivity contribution is 1.13. The first-order valence-corrected chi connectivity index (χ1v) is 15.7. The molecule has 0 bridgehead atoms. The fraction of sp³-hybridized carbons (Fsp3) is 0. The van der Waals surface area contributed by atoms with Gasteiger partial charge in [0.1, 0.15) is 0 Å². The molecule has 0 saturated carbocycles. The number of hydrogen-bond acceptors (Lipinski definition) is 0. The molecule has 11 aromatic rings. The zero-order valence-electron chi connectivity index (χ0n) is 48.0. The molecule has 0 atom stereocenters. The van der Waals surface area contributed by atoms with Crippen LogP contribution in [-0.4, -0.2) is 13.7 Å². The maximum Gasteiger partial charge on any atom is 0.0782 e. The molecule has 8 aromatic carbocycles. The van der Waals surface area contributed by atoms with Gasteiger partial charge >= 0.3 is 0 Å². The third kappa shape index (κ3) is 4.06. The van der Waals surface area contributed by atoms with Crippen LogP contribution in [0.5, 0.6) is 0 Å². The summed E-state index contributed by atoms with van der Waals surface area (Å²) in [7, 11) is 0. The van der Waals surface area contributed by atoms with Gasteiger partial charge in [-0.25, -0.2) is 0 Å². The fourth-order valence-corrected chi connectivity index (χ4v) is 6.91. The van der Waals surface area contributed by atoms with Gasteiger partial charge in [-0.1, -0.05) is 127 Å².